The van der Waals surface area contributed by atoms with Crippen molar-refractivity contribution in [1.29, 1.82) is 0 Å². The quantitative estimate of drug-likeness (QED) is 0.609. The van der Waals surface area contributed by atoms with E-state index in [1.165, 1.54) is 0 Å². The maximum atomic E-state index is 4.53. The number of imidazole rings is 1. The normalized spacial score (nSPS) is 9.05. The summed E-state index contributed by atoms with van der Waals surface area (Å²) in [7, 11) is 0. The number of hydrogen-bond donors (Lipinski definition) is 1. The van der Waals surface area contributed by atoms with Gasteiger partial charge in [0.25, 0.3) is 0 Å². The van der Waals surface area contributed by atoms with Crippen LogP contribution in [0.4, 0.5) is 0 Å². The van der Waals surface area contributed by atoms with E-state index in [-0.39, 0.29) is 1.43 Å². The molecular weight excluding hydrogens is 232 g/mol. The van der Waals surface area contributed by atoms with E-state index in [1.807, 2.05) is 70.2 Å². The Labute approximate surface area is 117 Å². The molecule has 0 amide bonds. The van der Waals surface area contributed by atoms with E-state index in [0.717, 1.165) is 22.4 Å². The highest BCUT2D eigenvalue weighted by Crippen LogP contribution is 2.19. The fourth-order valence-electron chi connectivity index (χ4n) is 1.69. The Morgan fingerprint density at radius 1 is 0.789 bits per heavy atom. The molecule has 1 N–H and O–H groups in total. The van der Waals surface area contributed by atoms with Gasteiger partial charge in [0, 0.05) is 6.99 Å². The zero-order valence-electron chi connectivity index (χ0n) is 12.1. The molecule has 102 valence electrons. The minimum absolute atomic E-state index is 0. The highest BCUT2D eigenvalue weighted by atomic mass is 14.9. The van der Waals surface area contributed by atoms with Gasteiger partial charge in [0.1, 0.15) is 5.82 Å². The van der Waals surface area contributed by atoms with Crippen LogP contribution in [0.5, 0.6) is 0 Å². The highest BCUT2D eigenvalue weighted by molar-refractivity contribution is 5.79. The molecule has 0 saturated carbocycles. The third-order valence-corrected chi connectivity index (χ3v) is 2.44. The lowest BCUT2D eigenvalue weighted by atomic mass is 10.2. The van der Waals surface area contributed by atoms with E-state index in [0.29, 0.717) is 0 Å². The van der Waals surface area contributed by atoms with Gasteiger partial charge in [-0.25, -0.2) is 4.98 Å². The number of nitrogens with zero attached hydrogens (tertiary/aromatic N) is 1. The van der Waals surface area contributed by atoms with Crippen LogP contribution in [0.3, 0.4) is 0 Å². The molecule has 3 aromatic rings. The first-order chi connectivity index (χ1) is 9.43. The van der Waals surface area contributed by atoms with Gasteiger partial charge in [0.15, 0.2) is 0 Å². The van der Waals surface area contributed by atoms with Gasteiger partial charge in [-0.1, -0.05) is 70.2 Å². The van der Waals surface area contributed by atoms with Crippen molar-refractivity contribution in [3.8, 4) is 11.4 Å². The van der Waals surface area contributed by atoms with Crippen LogP contribution in [0.25, 0.3) is 22.4 Å². The number of benzene rings is 2. The molecule has 0 fully saturated rings. The van der Waals surface area contributed by atoms with Crippen LogP contribution in [0.15, 0.2) is 54.6 Å². The molecule has 0 aliphatic rings. The van der Waals surface area contributed by atoms with Crippen molar-refractivity contribution in [2.24, 2.45) is 0 Å². The molecule has 0 unspecified atom stereocenters. The van der Waals surface area contributed by atoms with Crippen LogP contribution in [0.2, 0.25) is 0 Å². The summed E-state index contributed by atoms with van der Waals surface area (Å²) in [6.45, 7) is 8.00. The van der Waals surface area contributed by atoms with Crippen molar-refractivity contribution in [3.05, 3.63) is 54.6 Å². The van der Waals surface area contributed by atoms with E-state index >= 15 is 0 Å². The average Bonchev–Trinajstić information content (AvgIpc) is 2.96. The Morgan fingerprint density at radius 2 is 1.37 bits per heavy atom. The summed E-state index contributed by atoms with van der Waals surface area (Å²) in [4.78, 5) is 7.83. The maximum absolute atomic E-state index is 4.53. The standard InChI is InChI=1S/C13H10N2.2C2H6.H2/c1-2-6-10(7-3-1)13-14-11-8-4-5-9-12(11)15-13;2*1-2;/h1-9H,(H,14,15);2*1-2H3;1H. The van der Waals surface area contributed by atoms with Gasteiger partial charge in [-0.2, -0.15) is 0 Å². The largest absolute Gasteiger partial charge is 0.338 e. The van der Waals surface area contributed by atoms with Crippen molar-refractivity contribution in [3.63, 3.8) is 0 Å². The van der Waals surface area contributed by atoms with Crippen LogP contribution >= 0.6 is 0 Å². The topological polar surface area (TPSA) is 28.7 Å². The average molecular weight is 256 g/mol. The predicted octanol–water partition coefficient (Wildman–Crippen LogP) is 5.53. The summed E-state index contributed by atoms with van der Waals surface area (Å²) < 4.78 is 0. The fourth-order valence-corrected chi connectivity index (χ4v) is 1.69. The van der Waals surface area contributed by atoms with E-state index in [4.69, 9.17) is 0 Å². The predicted molar refractivity (Wildman–Crippen MR) is 86.3 cm³/mol. The lowest BCUT2D eigenvalue weighted by Gasteiger charge is -1.93. The zero-order chi connectivity index (χ0) is 14.1. The summed E-state index contributed by atoms with van der Waals surface area (Å²) in [6, 6.07) is 18.2. The van der Waals surface area contributed by atoms with Crippen molar-refractivity contribution in [2.75, 3.05) is 0 Å². The molecule has 0 saturated heterocycles. The van der Waals surface area contributed by atoms with Gasteiger partial charge in [-0.05, 0) is 12.1 Å². The molecule has 0 aliphatic heterocycles. The summed E-state index contributed by atoms with van der Waals surface area (Å²) in [5.74, 6) is 0.928. The first kappa shape index (κ1) is 15.0. The van der Waals surface area contributed by atoms with Crippen molar-refractivity contribution in [2.45, 2.75) is 27.7 Å². The molecule has 19 heavy (non-hydrogen) atoms. The SMILES string of the molecule is CC.CC.[HH].c1ccc(-c2nc3ccccc3[nH]2)cc1. The van der Waals surface area contributed by atoms with Crippen molar-refractivity contribution < 1.29 is 1.43 Å². The molecule has 2 heteroatoms. The number of H-pyrrole nitrogens is 1. The van der Waals surface area contributed by atoms with E-state index in [1.54, 1.807) is 0 Å². The number of nitrogens with one attached hydrogen (secondary N) is 1. The lowest BCUT2D eigenvalue weighted by molar-refractivity contribution is 1.34. The second-order valence-electron chi connectivity index (χ2n) is 3.47. The second kappa shape index (κ2) is 8.09. The first-order valence-corrected chi connectivity index (χ1v) is 6.94. The second-order valence-corrected chi connectivity index (χ2v) is 3.47. The lowest BCUT2D eigenvalue weighted by Crippen LogP contribution is -1.77. The Hall–Kier alpha value is -2.09. The summed E-state index contributed by atoms with van der Waals surface area (Å²) in [5.41, 5.74) is 3.21. The number of aromatic nitrogens is 2. The minimum Gasteiger partial charge on any atom is -0.338 e. The molecule has 0 aliphatic carbocycles. The van der Waals surface area contributed by atoms with Crippen LogP contribution in [-0.4, -0.2) is 9.97 Å². The highest BCUT2D eigenvalue weighted by Gasteiger charge is 2.02. The maximum Gasteiger partial charge on any atom is 0.138 e. The van der Waals surface area contributed by atoms with Gasteiger partial charge < -0.3 is 4.98 Å². The molecule has 2 nitrogen and oxygen atoms in total. The molecule has 0 radical (unpaired) electrons. The summed E-state index contributed by atoms with van der Waals surface area (Å²) in [5, 5.41) is 0. The van der Waals surface area contributed by atoms with E-state index in [9.17, 15) is 0 Å². The van der Waals surface area contributed by atoms with Gasteiger partial charge in [-0.3, -0.25) is 0 Å². The van der Waals surface area contributed by atoms with Gasteiger partial charge in [0.05, 0.1) is 11.0 Å². The molecule has 0 spiro atoms. The van der Waals surface area contributed by atoms with Gasteiger partial charge in [0.2, 0.25) is 0 Å². The smallest absolute Gasteiger partial charge is 0.138 e. The molecule has 1 heterocycles. The van der Waals surface area contributed by atoms with Crippen LogP contribution in [0.1, 0.15) is 29.1 Å². The fraction of sp³-hybridized carbons (Fsp3) is 0.235. The number of fused-ring (bicyclic) bond motifs is 1. The van der Waals surface area contributed by atoms with E-state index < -0.39 is 0 Å². The summed E-state index contributed by atoms with van der Waals surface area (Å²) in [6.07, 6.45) is 0. The third-order valence-electron chi connectivity index (χ3n) is 2.44. The Kier molecular flexibility index (Phi) is 6.37. The number of rotatable bonds is 1. The molecule has 3 rings (SSSR count). The first-order valence-electron chi connectivity index (χ1n) is 6.94. The zero-order valence-corrected chi connectivity index (χ0v) is 12.1. The van der Waals surface area contributed by atoms with Crippen LogP contribution in [0, 0.1) is 0 Å². The van der Waals surface area contributed by atoms with Gasteiger partial charge in [-0.15, -0.1) is 0 Å². The Morgan fingerprint density at radius 3 is 2.00 bits per heavy atom. The molecule has 1 aromatic heterocycles. The van der Waals surface area contributed by atoms with Crippen LogP contribution < -0.4 is 0 Å². The van der Waals surface area contributed by atoms with E-state index in [2.05, 4.69) is 22.1 Å². The van der Waals surface area contributed by atoms with Crippen molar-refractivity contribution >= 4 is 11.0 Å². The molecule has 0 atom stereocenters. The molecular formula is C17H24N2. The third kappa shape index (κ3) is 3.68. The summed E-state index contributed by atoms with van der Waals surface area (Å²) >= 11 is 0. The minimum atomic E-state index is 0. The number of hydrogen-bond acceptors (Lipinski definition) is 1. The number of aromatic amines is 1. The van der Waals surface area contributed by atoms with Gasteiger partial charge >= 0.3 is 0 Å². The Bertz CT molecular complexity index is 555. The number of para-hydroxylation sites is 2. The Balaban J connectivity index is 0.000000667. The van der Waals surface area contributed by atoms with Crippen molar-refractivity contribution in [1.82, 2.24) is 9.97 Å². The monoisotopic (exact) mass is 256 g/mol. The molecule has 2 aromatic carbocycles. The van der Waals surface area contributed by atoms with Crippen LogP contribution in [-0.2, 0) is 0 Å². The molecule has 0 bridgehead atoms.